The molecule has 0 aromatic carbocycles. The van der Waals surface area contributed by atoms with E-state index < -0.39 is 0 Å². The van der Waals surface area contributed by atoms with Gasteiger partial charge in [0.05, 0.1) is 13.1 Å². The summed E-state index contributed by atoms with van der Waals surface area (Å²) in [6, 6.07) is 0. The summed E-state index contributed by atoms with van der Waals surface area (Å²) in [5.41, 5.74) is 0. The minimum Gasteiger partial charge on any atom is -0.339 e. The molecule has 0 spiro atoms. The molecule has 8 nitrogen and oxygen atoms in total. The second-order valence-corrected chi connectivity index (χ2v) is 7.08. The van der Waals surface area contributed by atoms with E-state index >= 15 is 0 Å². The van der Waals surface area contributed by atoms with E-state index in [9.17, 15) is 0 Å². The number of aromatic nitrogens is 4. The highest BCUT2D eigenvalue weighted by molar-refractivity contribution is 5.01. The van der Waals surface area contributed by atoms with Crippen molar-refractivity contribution in [2.75, 3.05) is 26.2 Å². The van der Waals surface area contributed by atoms with Gasteiger partial charge in [0.15, 0.2) is 11.6 Å². The van der Waals surface area contributed by atoms with Crippen LogP contribution in [0.15, 0.2) is 9.05 Å². The normalized spacial score (nSPS) is 20.0. The van der Waals surface area contributed by atoms with Gasteiger partial charge in [0.25, 0.3) is 0 Å². The Kier molecular flexibility index (Phi) is 5.07. The van der Waals surface area contributed by atoms with Gasteiger partial charge < -0.3 is 9.05 Å². The Morgan fingerprint density at radius 1 is 0.920 bits per heavy atom. The standard InChI is InChI=1S/C17H26N6O2/c1-2-4-14-18-16(24-20-14)12-23-8-3-7-22(9-10-23)11-15-19-17(25-21-15)13-5-6-13/h13H,2-12H2,1H3. The smallest absolute Gasteiger partial charge is 0.240 e. The van der Waals surface area contributed by atoms with Crippen molar-refractivity contribution in [1.82, 2.24) is 30.1 Å². The summed E-state index contributed by atoms with van der Waals surface area (Å²) >= 11 is 0. The molecular weight excluding hydrogens is 320 g/mol. The van der Waals surface area contributed by atoms with E-state index in [1.54, 1.807) is 0 Å². The Morgan fingerprint density at radius 2 is 1.68 bits per heavy atom. The number of aryl methyl sites for hydroxylation is 1. The summed E-state index contributed by atoms with van der Waals surface area (Å²) < 4.78 is 10.7. The van der Waals surface area contributed by atoms with E-state index in [0.717, 1.165) is 82.0 Å². The lowest BCUT2D eigenvalue weighted by atomic mass is 10.3. The highest BCUT2D eigenvalue weighted by Gasteiger charge is 2.30. The molecule has 0 radical (unpaired) electrons. The highest BCUT2D eigenvalue weighted by Crippen LogP contribution is 2.38. The fourth-order valence-electron chi connectivity index (χ4n) is 3.24. The van der Waals surface area contributed by atoms with Crippen molar-refractivity contribution < 1.29 is 9.05 Å². The third-order valence-corrected chi connectivity index (χ3v) is 4.80. The van der Waals surface area contributed by atoms with Gasteiger partial charge >= 0.3 is 0 Å². The zero-order valence-electron chi connectivity index (χ0n) is 14.9. The molecular formula is C17H26N6O2. The molecule has 1 saturated carbocycles. The van der Waals surface area contributed by atoms with Crippen molar-refractivity contribution >= 4 is 0 Å². The topological polar surface area (TPSA) is 84.3 Å². The van der Waals surface area contributed by atoms with Crippen LogP contribution in [0.2, 0.25) is 0 Å². The summed E-state index contributed by atoms with van der Waals surface area (Å²) in [7, 11) is 0. The molecule has 136 valence electrons. The third-order valence-electron chi connectivity index (χ3n) is 4.80. The molecule has 1 aliphatic heterocycles. The van der Waals surface area contributed by atoms with Gasteiger partial charge in [-0.1, -0.05) is 17.2 Å². The van der Waals surface area contributed by atoms with Crippen molar-refractivity contribution in [3.63, 3.8) is 0 Å². The van der Waals surface area contributed by atoms with Crippen molar-refractivity contribution in [3.05, 3.63) is 23.4 Å². The lowest BCUT2D eigenvalue weighted by Gasteiger charge is -2.19. The van der Waals surface area contributed by atoms with Gasteiger partial charge in [0.1, 0.15) is 0 Å². The molecule has 2 fully saturated rings. The highest BCUT2D eigenvalue weighted by atomic mass is 16.5. The fourth-order valence-corrected chi connectivity index (χ4v) is 3.24. The van der Waals surface area contributed by atoms with Crippen LogP contribution in [0.3, 0.4) is 0 Å². The van der Waals surface area contributed by atoms with Gasteiger partial charge in [0.2, 0.25) is 11.8 Å². The van der Waals surface area contributed by atoms with E-state index in [1.807, 2.05) is 0 Å². The summed E-state index contributed by atoms with van der Waals surface area (Å²) in [6.45, 7) is 7.69. The second-order valence-electron chi connectivity index (χ2n) is 7.08. The average molecular weight is 346 g/mol. The summed E-state index contributed by atoms with van der Waals surface area (Å²) in [5.74, 6) is 3.71. The zero-order chi connectivity index (χ0) is 17.1. The van der Waals surface area contributed by atoms with Crippen LogP contribution >= 0.6 is 0 Å². The quantitative estimate of drug-likeness (QED) is 0.752. The van der Waals surface area contributed by atoms with E-state index in [-0.39, 0.29) is 0 Å². The van der Waals surface area contributed by atoms with E-state index in [1.165, 1.54) is 12.8 Å². The first kappa shape index (κ1) is 16.7. The maximum Gasteiger partial charge on any atom is 0.240 e. The monoisotopic (exact) mass is 346 g/mol. The summed E-state index contributed by atoms with van der Waals surface area (Å²) in [5, 5.41) is 8.17. The van der Waals surface area contributed by atoms with Crippen LogP contribution in [0.5, 0.6) is 0 Å². The molecule has 0 bridgehead atoms. The molecule has 25 heavy (non-hydrogen) atoms. The predicted molar refractivity (Wildman–Crippen MR) is 89.7 cm³/mol. The number of nitrogens with zero attached hydrogens (tertiary/aromatic N) is 6. The van der Waals surface area contributed by atoms with Crippen LogP contribution in [-0.2, 0) is 19.5 Å². The van der Waals surface area contributed by atoms with Crippen LogP contribution in [0.4, 0.5) is 0 Å². The molecule has 8 heteroatoms. The molecule has 2 aromatic heterocycles. The van der Waals surface area contributed by atoms with Crippen LogP contribution in [0.1, 0.15) is 62.0 Å². The Labute approximate surface area is 147 Å². The minimum absolute atomic E-state index is 0.521. The van der Waals surface area contributed by atoms with Gasteiger partial charge in [-0.05, 0) is 38.8 Å². The summed E-state index contributed by atoms with van der Waals surface area (Å²) in [4.78, 5) is 13.8. The first-order valence-corrected chi connectivity index (χ1v) is 9.39. The molecule has 0 unspecified atom stereocenters. The molecule has 0 amide bonds. The zero-order valence-corrected chi connectivity index (χ0v) is 14.9. The van der Waals surface area contributed by atoms with E-state index in [4.69, 9.17) is 9.05 Å². The maximum atomic E-state index is 5.37. The second kappa shape index (κ2) is 7.61. The predicted octanol–water partition coefficient (Wildman–Crippen LogP) is 1.99. The average Bonchev–Trinajstić information content (AvgIpc) is 3.26. The van der Waals surface area contributed by atoms with Crippen molar-refractivity contribution in [2.24, 2.45) is 0 Å². The Morgan fingerprint density at radius 3 is 2.44 bits per heavy atom. The van der Waals surface area contributed by atoms with Gasteiger partial charge in [-0.15, -0.1) is 0 Å². The number of hydrogen-bond acceptors (Lipinski definition) is 8. The van der Waals surface area contributed by atoms with Crippen LogP contribution in [0.25, 0.3) is 0 Å². The molecule has 1 aliphatic carbocycles. The number of hydrogen-bond donors (Lipinski definition) is 0. The minimum atomic E-state index is 0.521. The molecule has 1 saturated heterocycles. The van der Waals surface area contributed by atoms with Crippen molar-refractivity contribution in [2.45, 2.75) is 58.0 Å². The maximum absolute atomic E-state index is 5.37. The van der Waals surface area contributed by atoms with Crippen LogP contribution in [-0.4, -0.2) is 56.3 Å². The SMILES string of the molecule is CCCc1noc(CN2CCCN(Cc3noc(C4CC4)n3)CC2)n1. The first-order valence-electron chi connectivity index (χ1n) is 9.39. The van der Waals surface area contributed by atoms with Crippen LogP contribution < -0.4 is 0 Å². The van der Waals surface area contributed by atoms with Crippen LogP contribution in [0, 0.1) is 0 Å². The lowest BCUT2D eigenvalue weighted by molar-refractivity contribution is 0.219. The molecule has 2 aromatic rings. The lowest BCUT2D eigenvalue weighted by Crippen LogP contribution is -2.30. The molecule has 0 N–H and O–H groups in total. The summed E-state index contributed by atoms with van der Waals surface area (Å²) in [6.07, 6.45) is 5.41. The Bertz CT molecular complexity index is 680. The van der Waals surface area contributed by atoms with Crippen molar-refractivity contribution in [3.8, 4) is 0 Å². The van der Waals surface area contributed by atoms with Gasteiger partial charge in [-0.2, -0.15) is 9.97 Å². The third kappa shape index (κ3) is 4.43. The van der Waals surface area contributed by atoms with Gasteiger partial charge in [-0.3, -0.25) is 9.80 Å². The fraction of sp³-hybridized carbons (Fsp3) is 0.765. The largest absolute Gasteiger partial charge is 0.339 e. The molecule has 4 rings (SSSR count). The van der Waals surface area contributed by atoms with Crippen molar-refractivity contribution in [1.29, 1.82) is 0 Å². The molecule has 0 atom stereocenters. The van der Waals surface area contributed by atoms with Gasteiger partial charge in [0, 0.05) is 25.4 Å². The Balaban J connectivity index is 1.27. The number of rotatable bonds is 7. The first-order chi connectivity index (χ1) is 12.3. The molecule has 2 aliphatic rings. The van der Waals surface area contributed by atoms with E-state index in [2.05, 4.69) is 37.0 Å². The Hall–Kier alpha value is -1.80. The van der Waals surface area contributed by atoms with E-state index in [0.29, 0.717) is 5.92 Å². The molecule has 3 heterocycles. The van der Waals surface area contributed by atoms with Gasteiger partial charge in [-0.25, -0.2) is 0 Å².